The molecule has 14 heteroatoms. The lowest BCUT2D eigenvalue weighted by Crippen LogP contribution is -2.49. The van der Waals surface area contributed by atoms with E-state index >= 15 is 0 Å². The van der Waals surface area contributed by atoms with Crippen LogP contribution in [0.15, 0.2) is 55.0 Å². The van der Waals surface area contributed by atoms with Crippen LogP contribution in [0.1, 0.15) is 17.5 Å². The number of piperazine rings is 1. The van der Waals surface area contributed by atoms with Gasteiger partial charge in [-0.1, -0.05) is 6.07 Å². The maximum absolute atomic E-state index is 13.4. The Morgan fingerprint density at radius 3 is 2.48 bits per heavy atom. The zero-order valence-corrected chi connectivity index (χ0v) is 20.9. The van der Waals surface area contributed by atoms with Crippen molar-refractivity contribution >= 4 is 28.7 Å². The number of nitrogens with zero attached hydrogens (tertiary/aromatic N) is 5. The highest BCUT2D eigenvalue weighted by molar-refractivity contribution is 5.84. The molecule has 1 amide bonds. The van der Waals surface area contributed by atoms with E-state index in [2.05, 4.69) is 25.3 Å². The van der Waals surface area contributed by atoms with Crippen molar-refractivity contribution in [1.29, 1.82) is 0 Å². The van der Waals surface area contributed by atoms with E-state index in [-0.39, 0.29) is 18.7 Å². The normalized spacial score (nSPS) is 15.0. The highest BCUT2D eigenvalue weighted by Gasteiger charge is 2.35. The van der Waals surface area contributed by atoms with E-state index in [0.717, 1.165) is 11.8 Å². The molecule has 2 N–H and O–H groups in total. The average molecular weight is 564 g/mol. The molecule has 0 saturated carbocycles. The summed E-state index contributed by atoms with van der Waals surface area (Å²) in [6.07, 6.45) is -6.81. The molecule has 5 rings (SSSR count). The number of amides is 1. The third kappa shape index (κ3) is 6.50. The molecule has 8 nitrogen and oxygen atoms in total. The average Bonchev–Trinajstić information content (AvgIpc) is 3.29. The predicted molar refractivity (Wildman–Crippen MR) is 134 cm³/mol. The van der Waals surface area contributed by atoms with Gasteiger partial charge in [-0.05, 0) is 47.0 Å². The van der Waals surface area contributed by atoms with Crippen LogP contribution in [0.2, 0.25) is 0 Å². The van der Waals surface area contributed by atoms with Crippen molar-refractivity contribution in [3.8, 4) is 11.1 Å². The zero-order chi connectivity index (χ0) is 28.5. The number of carbonyl (C=O) groups excluding carboxylic acids is 1. The Morgan fingerprint density at radius 2 is 1.75 bits per heavy atom. The SMILES string of the molecule is O=C(CC(F)(F)F)N1CCN(Cc2ccnc(Nc3nc4ccc(-c5ccncc5C(F)(F)F)cc4[nH]3)c2)CC1. The van der Waals surface area contributed by atoms with Crippen molar-refractivity contribution in [2.24, 2.45) is 0 Å². The van der Waals surface area contributed by atoms with Gasteiger partial charge in [0.1, 0.15) is 12.2 Å². The second-order valence-corrected chi connectivity index (χ2v) is 9.36. The van der Waals surface area contributed by atoms with Gasteiger partial charge in [0, 0.05) is 51.3 Å². The molecular weight excluding hydrogens is 540 g/mol. The Hall–Kier alpha value is -4.20. The van der Waals surface area contributed by atoms with Gasteiger partial charge in [0.05, 0.1) is 16.6 Å². The van der Waals surface area contributed by atoms with Gasteiger partial charge in [-0.15, -0.1) is 0 Å². The fourth-order valence-electron chi connectivity index (χ4n) is 4.57. The van der Waals surface area contributed by atoms with E-state index in [1.54, 1.807) is 30.5 Å². The summed E-state index contributed by atoms with van der Waals surface area (Å²) in [6.45, 7) is 1.82. The number of pyridine rings is 2. The second kappa shape index (κ2) is 10.8. The molecule has 1 saturated heterocycles. The quantitative estimate of drug-likeness (QED) is 0.307. The van der Waals surface area contributed by atoms with Crippen LogP contribution in [0.4, 0.5) is 38.1 Å². The van der Waals surface area contributed by atoms with Gasteiger partial charge in [0.15, 0.2) is 0 Å². The van der Waals surface area contributed by atoms with Crippen LogP contribution in [0.25, 0.3) is 22.2 Å². The van der Waals surface area contributed by atoms with Crippen molar-refractivity contribution in [1.82, 2.24) is 29.7 Å². The van der Waals surface area contributed by atoms with Crippen LogP contribution < -0.4 is 5.32 Å². The predicted octanol–water partition coefficient (Wildman–Crippen LogP) is 5.38. The summed E-state index contributed by atoms with van der Waals surface area (Å²) in [4.78, 5) is 30.5. The number of anilines is 2. The van der Waals surface area contributed by atoms with Gasteiger partial charge in [-0.25, -0.2) is 9.97 Å². The number of aromatic amines is 1. The van der Waals surface area contributed by atoms with Gasteiger partial charge in [0.25, 0.3) is 0 Å². The fourth-order valence-corrected chi connectivity index (χ4v) is 4.57. The van der Waals surface area contributed by atoms with Crippen LogP contribution >= 0.6 is 0 Å². The molecule has 0 bridgehead atoms. The van der Waals surface area contributed by atoms with Crippen LogP contribution in [0, 0.1) is 0 Å². The number of fused-ring (bicyclic) bond motifs is 1. The maximum atomic E-state index is 13.4. The number of aromatic nitrogens is 4. The number of rotatable bonds is 6. The van der Waals surface area contributed by atoms with Gasteiger partial charge < -0.3 is 15.2 Å². The van der Waals surface area contributed by atoms with E-state index in [4.69, 9.17) is 0 Å². The monoisotopic (exact) mass is 563 g/mol. The van der Waals surface area contributed by atoms with Crippen LogP contribution in [0.3, 0.4) is 0 Å². The first kappa shape index (κ1) is 27.4. The van der Waals surface area contributed by atoms with E-state index < -0.39 is 30.2 Å². The van der Waals surface area contributed by atoms with Gasteiger partial charge >= 0.3 is 12.4 Å². The number of imidazole rings is 1. The van der Waals surface area contributed by atoms with Crippen molar-refractivity contribution in [2.75, 3.05) is 31.5 Å². The number of alkyl halides is 6. The minimum absolute atomic E-state index is 0.00780. The Balaban J connectivity index is 1.24. The van der Waals surface area contributed by atoms with E-state index in [0.29, 0.717) is 48.0 Å². The number of halogens is 6. The Labute approximate surface area is 224 Å². The Kier molecular flexibility index (Phi) is 7.36. The van der Waals surface area contributed by atoms with E-state index in [1.165, 1.54) is 17.2 Å². The van der Waals surface area contributed by atoms with Crippen LogP contribution in [-0.2, 0) is 17.5 Å². The Bertz CT molecular complexity index is 1510. The number of carbonyl (C=O) groups is 1. The first-order valence-electron chi connectivity index (χ1n) is 12.2. The third-order valence-corrected chi connectivity index (χ3v) is 6.47. The first-order chi connectivity index (χ1) is 18.9. The number of benzene rings is 1. The van der Waals surface area contributed by atoms with E-state index in [1.807, 2.05) is 11.0 Å². The van der Waals surface area contributed by atoms with Gasteiger partial charge in [0.2, 0.25) is 11.9 Å². The summed E-state index contributed by atoms with van der Waals surface area (Å²) in [7, 11) is 0. The lowest BCUT2D eigenvalue weighted by molar-refractivity contribution is -0.162. The highest BCUT2D eigenvalue weighted by atomic mass is 19.4. The standard InChI is InChI=1S/C26H23F6N7O/c27-25(28,29)13-23(40)39-9-7-38(8-10-39)15-16-3-6-34-22(11-16)37-24-35-20-2-1-17(12-21(20)36-24)18-4-5-33-14-19(18)26(30,31)32/h1-6,11-12,14H,7-10,13,15H2,(H2,34,35,36,37). The summed E-state index contributed by atoms with van der Waals surface area (Å²) < 4.78 is 77.9. The molecule has 4 aromatic rings. The fraction of sp³-hybridized carbons (Fsp3) is 0.308. The number of hydrogen-bond acceptors (Lipinski definition) is 6. The zero-order valence-electron chi connectivity index (χ0n) is 20.9. The second-order valence-electron chi connectivity index (χ2n) is 9.36. The van der Waals surface area contributed by atoms with Crippen molar-refractivity contribution < 1.29 is 31.1 Å². The molecule has 1 aliphatic rings. The summed E-state index contributed by atoms with van der Waals surface area (Å²) >= 11 is 0. The summed E-state index contributed by atoms with van der Waals surface area (Å²) in [5, 5.41) is 3.06. The van der Waals surface area contributed by atoms with Crippen molar-refractivity contribution in [3.05, 3.63) is 66.1 Å². The van der Waals surface area contributed by atoms with Crippen molar-refractivity contribution in [2.45, 2.75) is 25.3 Å². The highest BCUT2D eigenvalue weighted by Crippen LogP contribution is 2.37. The molecule has 0 unspecified atom stereocenters. The molecular formula is C26H23F6N7O. The first-order valence-corrected chi connectivity index (χ1v) is 12.2. The number of H-pyrrole nitrogens is 1. The van der Waals surface area contributed by atoms with Gasteiger partial charge in [-0.3, -0.25) is 14.7 Å². The van der Waals surface area contributed by atoms with Gasteiger partial charge in [-0.2, -0.15) is 26.3 Å². The molecule has 210 valence electrons. The van der Waals surface area contributed by atoms with Crippen molar-refractivity contribution in [3.63, 3.8) is 0 Å². The molecule has 1 aliphatic heterocycles. The molecule has 0 atom stereocenters. The maximum Gasteiger partial charge on any atom is 0.418 e. The lowest BCUT2D eigenvalue weighted by atomic mass is 10.0. The minimum Gasteiger partial charge on any atom is -0.340 e. The minimum atomic E-state index is -4.55. The third-order valence-electron chi connectivity index (χ3n) is 6.47. The smallest absolute Gasteiger partial charge is 0.340 e. The molecule has 3 aromatic heterocycles. The molecule has 0 radical (unpaired) electrons. The summed E-state index contributed by atoms with van der Waals surface area (Å²) in [5.74, 6) is -0.0919. The van der Waals surface area contributed by atoms with E-state index in [9.17, 15) is 31.1 Å². The molecule has 1 fully saturated rings. The lowest BCUT2D eigenvalue weighted by Gasteiger charge is -2.35. The summed E-state index contributed by atoms with van der Waals surface area (Å²) in [6, 6.07) is 9.69. The molecule has 4 heterocycles. The molecule has 0 spiro atoms. The number of hydrogen-bond donors (Lipinski definition) is 2. The largest absolute Gasteiger partial charge is 0.418 e. The number of nitrogens with one attached hydrogen (secondary N) is 2. The molecule has 40 heavy (non-hydrogen) atoms. The topological polar surface area (TPSA) is 90.0 Å². The van der Waals surface area contributed by atoms with Crippen LogP contribution in [0.5, 0.6) is 0 Å². The molecule has 0 aliphatic carbocycles. The summed E-state index contributed by atoms with van der Waals surface area (Å²) in [5.41, 5.74) is 1.50. The van der Waals surface area contributed by atoms with Crippen LogP contribution in [-0.4, -0.2) is 68.0 Å². The molecule has 1 aromatic carbocycles. The Morgan fingerprint density at radius 1 is 0.975 bits per heavy atom.